The van der Waals surface area contributed by atoms with E-state index in [4.69, 9.17) is 0 Å². The van der Waals surface area contributed by atoms with Crippen molar-refractivity contribution in [1.82, 2.24) is 5.32 Å². The minimum atomic E-state index is -0.704. The van der Waals surface area contributed by atoms with E-state index < -0.39 is 5.60 Å². The Morgan fingerprint density at radius 1 is 1.10 bits per heavy atom. The van der Waals surface area contributed by atoms with Crippen molar-refractivity contribution in [2.75, 3.05) is 0 Å². The number of aliphatic hydroxyl groups is 1. The molecule has 0 unspecified atom stereocenters. The first-order valence-corrected chi connectivity index (χ1v) is 8.63. The van der Waals surface area contributed by atoms with E-state index >= 15 is 0 Å². The smallest absolute Gasteiger partial charge is 0.105 e. The van der Waals surface area contributed by atoms with E-state index in [0.29, 0.717) is 12.0 Å². The summed E-state index contributed by atoms with van der Waals surface area (Å²) in [4.78, 5) is 0. The highest BCUT2D eigenvalue weighted by atomic mass is 16.3. The maximum atomic E-state index is 11.5. The largest absolute Gasteiger partial charge is 0.384 e. The molecule has 1 aromatic carbocycles. The first-order chi connectivity index (χ1) is 10.1. The molecule has 2 aliphatic carbocycles. The van der Waals surface area contributed by atoms with E-state index in [1.165, 1.54) is 25.7 Å². The van der Waals surface area contributed by atoms with Crippen molar-refractivity contribution in [3.63, 3.8) is 0 Å². The molecule has 2 aliphatic rings. The van der Waals surface area contributed by atoms with Gasteiger partial charge >= 0.3 is 0 Å². The average molecular weight is 287 g/mol. The Hall–Kier alpha value is -0.860. The molecular weight excluding hydrogens is 258 g/mol. The van der Waals surface area contributed by atoms with Crippen molar-refractivity contribution in [2.24, 2.45) is 11.8 Å². The van der Waals surface area contributed by atoms with Gasteiger partial charge in [0.2, 0.25) is 0 Å². The SMILES string of the molecule is CC(C)N[C@H]1C[C@@H]2CCCC[C@H]2C[C@]1(O)c1ccccc1. The zero-order valence-corrected chi connectivity index (χ0v) is 13.4. The van der Waals surface area contributed by atoms with Crippen LogP contribution in [0, 0.1) is 11.8 Å². The Kier molecular flexibility index (Phi) is 4.37. The predicted octanol–water partition coefficient (Wildman–Crippen LogP) is 3.84. The zero-order valence-electron chi connectivity index (χ0n) is 13.4. The minimum absolute atomic E-state index is 0.180. The lowest BCUT2D eigenvalue weighted by Gasteiger charge is -2.50. The molecule has 2 nitrogen and oxygen atoms in total. The summed E-state index contributed by atoms with van der Waals surface area (Å²) in [7, 11) is 0. The Bertz CT molecular complexity index is 458. The van der Waals surface area contributed by atoms with Gasteiger partial charge in [0, 0.05) is 12.1 Å². The van der Waals surface area contributed by atoms with Crippen LogP contribution in [0.1, 0.15) is 57.9 Å². The second-order valence-corrected chi connectivity index (χ2v) is 7.41. The Labute approximate surface area is 129 Å². The maximum absolute atomic E-state index is 11.5. The number of hydrogen-bond acceptors (Lipinski definition) is 2. The summed E-state index contributed by atoms with van der Waals surface area (Å²) in [5.74, 6) is 1.51. The van der Waals surface area contributed by atoms with Gasteiger partial charge in [-0.3, -0.25) is 0 Å². The molecule has 0 amide bonds. The van der Waals surface area contributed by atoms with Crippen LogP contribution in [0.15, 0.2) is 30.3 Å². The van der Waals surface area contributed by atoms with E-state index in [-0.39, 0.29) is 6.04 Å². The highest BCUT2D eigenvalue weighted by molar-refractivity contribution is 5.26. The van der Waals surface area contributed by atoms with E-state index in [9.17, 15) is 5.11 Å². The third-order valence-electron chi connectivity index (χ3n) is 5.56. The molecule has 0 bridgehead atoms. The first-order valence-electron chi connectivity index (χ1n) is 8.63. The highest BCUT2D eigenvalue weighted by Crippen LogP contribution is 2.48. The number of benzene rings is 1. The fourth-order valence-corrected chi connectivity index (χ4v) is 4.56. The van der Waals surface area contributed by atoms with E-state index in [2.05, 4.69) is 31.3 Å². The molecule has 2 saturated carbocycles. The normalized spacial score (nSPS) is 36.5. The molecule has 0 aromatic heterocycles. The van der Waals surface area contributed by atoms with Crippen LogP contribution in [0.4, 0.5) is 0 Å². The van der Waals surface area contributed by atoms with Crippen LogP contribution in [0.25, 0.3) is 0 Å². The fraction of sp³-hybridized carbons (Fsp3) is 0.684. The van der Waals surface area contributed by atoms with Gasteiger partial charge in [0.05, 0.1) is 0 Å². The molecule has 0 radical (unpaired) electrons. The van der Waals surface area contributed by atoms with Gasteiger partial charge in [-0.05, 0) is 30.2 Å². The van der Waals surface area contributed by atoms with Gasteiger partial charge < -0.3 is 10.4 Å². The maximum Gasteiger partial charge on any atom is 0.105 e. The topological polar surface area (TPSA) is 32.3 Å². The van der Waals surface area contributed by atoms with Gasteiger partial charge in [0.1, 0.15) is 5.60 Å². The molecule has 1 aromatic rings. The summed E-state index contributed by atoms with van der Waals surface area (Å²) >= 11 is 0. The summed E-state index contributed by atoms with van der Waals surface area (Å²) < 4.78 is 0. The quantitative estimate of drug-likeness (QED) is 0.885. The molecule has 3 rings (SSSR count). The van der Waals surface area contributed by atoms with Crippen LogP contribution < -0.4 is 5.32 Å². The van der Waals surface area contributed by atoms with E-state index in [0.717, 1.165) is 24.3 Å². The third-order valence-corrected chi connectivity index (χ3v) is 5.56. The number of hydrogen-bond donors (Lipinski definition) is 2. The van der Waals surface area contributed by atoms with Crippen LogP contribution in [0.5, 0.6) is 0 Å². The van der Waals surface area contributed by atoms with Gasteiger partial charge in [-0.2, -0.15) is 0 Å². The van der Waals surface area contributed by atoms with E-state index in [1.54, 1.807) is 0 Å². The van der Waals surface area contributed by atoms with Crippen molar-refractivity contribution in [3.8, 4) is 0 Å². The predicted molar refractivity (Wildman–Crippen MR) is 87.1 cm³/mol. The average Bonchev–Trinajstić information content (AvgIpc) is 2.48. The van der Waals surface area contributed by atoms with Crippen LogP contribution in [0.2, 0.25) is 0 Å². The van der Waals surface area contributed by atoms with Gasteiger partial charge in [0.25, 0.3) is 0 Å². The van der Waals surface area contributed by atoms with Crippen LogP contribution in [-0.2, 0) is 5.60 Å². The zero-order chi connectivity index (χ0) is 14.9. The lowest BCUT2D eigenvalue weighted by molar-refractivity contribution is -0.0798. The molecule has 0 spiro atoms. The number of rotatable bonds is 3. The van der Waals surface area contributed by atoms with E-state index in [1.807, 2.05) is 18.2 Å². The summed E-state index contributed by atoms with van der Waals surface area (Å²) in [5.41, 5.74) is 0.386. The van der Waals surface area contributed by atoms with Crippen molar-refractivity contribution in [3.05, 3.63) is 35.9 Å². The second kappa shape index (κ2) is 6.10. The van der Waals surface area contributed by atoms with Crippen LogP contribution >= 0.6 is 0 Å². The number of fused-ring (bicyclic) bond motifs is 1. The molecular formula is C19H29NO. The summed E-state index contributed by atoms with van der Waals surface area (Å²) in [6.45, 7) is 4.36. The minimum Gasteiger partial charge on any atom is -0.384 e. The van der Waals surface area contributed by atoms with Crippen LogP contribution in [-0.4, -0.2) is 17.2 Å². The van der Waals surface area contributed by atoms with Crippen LogP contribution in [0.3, 0.4) is 0 Å². The molecule has 21 heavy (non-hydrogen) atoms. The third kappa shape index (κ3) is 3.02. The summed E-state index contributed by atoms with van der Waals surface area (Å²) in [5, 5.41) is 15.2. The second-order valence-electron chi connectivity index (χ2n) is 7.41. The van der Waals surface area contributed by atoms with Crippen molar-refractivity contribution >= 4 is 0 Å². The summed E-state index contributed by atoms with van der Waals surface area (Å²) in [6.07, 6.45) is 7.41. The van der Waals surface area contributed by atoms with Crippen molar-refractivity contribution in [2.45, 2.75) is 70.1 Å². The molecule has 0 heterocycles. The Balaban J connectivity index is 1.90. The highest BCUT2D eigenvalue weighted by Gasteiger charge is 2.47. The van der Waals surface area contributed by atoms with Gasteiger partial charge in [-0.1, -0.05) is 69.9 Å². The van der Waals surface area contributed by atoms with Crippen molar-refractivity contribution in [1.29, 1.82) is 0 Å². The molecule has 2 N–H and O–H groups in total. The molecule has 0 aliphatic heterocycles. The first kappa shape index (κ1) is 15.1. The monoisotopic (exact) mass is 287 g/mol. The standard InChI is InChI=1S/C19H29NO/c1-14(2)20-18-12-15-8-6-7-9-16(15)13-19(18,21)17-10-4-3-5-11-17/h3-5,10-11,14-16,18,20-21H,6-9,12-13H2,1-2H3/t15-,16-,18-,19-/m0/s1. The van der Waals surface area contributed by atoms with Gasteiger partial charge in [-0.25, -0.2) is 0 Å². The van der Waals surface area contributed by atoms with Gasteiger partial charge in [-0.15, -0.1) is 0 Å². The fourth-order valence-electron chi connectivity index (χ4n) is 4.56. The molecule has 2 fully saturated rings. The molecule has 116 valence electrons. The Morgan fingerprint density at radius 3 is 2.43 bits per heavy atom. The Morgan fingerprint density at radius 2 is 1.76 bits per heavy atom. The lowest BCUT2D eigenvalue weighted by atomic mass is 9.62. The molecule has 0 saturated heterocycles. The number of nitrogens with one attached hydrogen (secondary N) is 1. The molecule has 2 heteroatoms. The summed E-state index contributed by atoms with van der Waals surface area (Å²) in [6, 6.07) is 10.9. The van der Waals surface area contributed by atoms with Gasteiger partial charge in [0.15, 0.2) is 0 Å². The molecule has 4 atom stereocenters. The van der Waals surface area contributed by atoms with Crippen molar-refractivity contribution < 1.29 is 5.11 Å². The lowest BCUT2D eigenvalue weighted by Crippen LogP contribution is -2.56.